The molecule has 7 fully saturated rings. The van der Waals surface area contributed by atoms with Crippen LogP contribution in [0.2, 0.25) is 0 Å². The largest absolute Gasteiger partial charge is 0.472 e. The highest BCUT2D eigenvalue weighted by Crippen LogP contribution is 2.57. The van der Waals surface area contributed by atoms with Gasteiger partial charge in [-0.3, -0.25) is 18.6 Å². The standard InChI is InChI=1S/C105H153N4O23P/c1-6-8-10-12-14-16-18-20-22-24-26-28-47-63-86(110)116-75-83(122-87(111)64-48-29-27-25-23-21-19-17-15-13-11-9-7-2)76-121-133(113,114)132-98-93(94-95(128-104(127-94)65-49-35-50-66-104)96-97(98)130-105(129-96)67-51-36-52-68-105)126-100-88(108-102(112)131-103(3,4)5)91(118-72-80-57-41-32-42-58-80)90(84(123-100)69-107-109-106)125-101-99(120-74-82-61-45-34-46-62-82)92(119-73-81-59-43-33-44-60-81)89(117-71-79-55-39-31-40-56-79)85(124-101)77-115-70-78-53-37-30-38-54-78/h30-34,37-46,53-62,83-85,88-101H,6-29,35-36,47-52,63-77H2,1-5H3,(H,108,112)(H,113,114)/t83-,84-,85-,88-,89-,90-,91-,92+,93-,94-,95+,96-,97-,98+,99+,100-,101-/m1/s1. The van der Waals surface area contributed by atoms with Gasteiger partial charge in [0.15, 0.2) is 30.3 Å². The van der Waals surface area contributed by atoms with E-state index < -0.39 is 167 Å². The third kappa shape index (κ3) is 34.7. The van der Waals surface area contributed by atoms with Gasteiger partial charge < -0.3 is 86.0 Å². The maximum Gasteiger partial charge on any atom is 0.472 e. The number of unbranched alkanes of at least 4 members (excludes halogenated alkanes) is 24. The lowest BCUT2D eigenvalue weighted by atomic mass is 9.84. The fourth-order valence-electron chi connectivity index (χ4n) is 19.4. The number of alkyl carbamates (subject to hydrolysis) is 1. The Balaban J connectivity index is 0.876. The zero-order valence-corrected chi connectivity index (χ0v) is 80.6. The number of hydrogen-bond donors (Lipinski definition) is 2. The fourth-order valence-corrected chi connectivity index (χ4v) is 20.3. The summed E-state index contributed by atoms with van der Waals surface area (Å²) in [6.45, 7) is 8.28. The van der Waals surface area contributed by atoms with Crippen LogP contribution in [0.4, 0.5) is 4.79 Å². The van der Waals surface area contributed by atoms with Gasteiger partial charge in [-0.25, -0.2) is 9.36 Å². The lowest BCUT2D eigenvalue weighted by molar-refractivity contribution is -0.368. The second kappa shape index (κ2) is 56.3. The van der Waals surface area contributed by atoms with Crippen LogP contribution in [0, 0.1) is 0 Å². The molecule has 1 unspecified atom stereocenters. The van der Waals surface area contributed by atoms with Crippen LogP contribution in [0.5, 0.6) is 0 Å². The van der Waals surface area contributed by atoms with Gasteiger partial charge in [0, 0.05) is 43.4 Å². The summed E-state index contributed by atoms with van der Waals surface area (Å²) in [6.07, 6.45) is 14.8. The first-order valence-electron chi connectivity index (χ1n) is 50.5. The number of hydrogen-bond acceptors (Lipinski definition) is 23. The number of rotatable bonds is 59. The molecule has 0 radical (unpaired) electrons. The number of fused-ring (bicyclic) bond motifs is 3. The van der Waals surface area contributed by atoms with E-state index in [1.807, 2.05) is 152 Å². The molecule has 5 aromatic carbocycles. The third-order valence-electron chi connectivity index (χ3n) is 26.3. The van der Waals surface area contributed by atoms with E-state index in [9.17, 15) is 20.0 Å². The zero-order chi connectivity index (χ0) is 93.2. The molecule has 4 saturated heterocycles. The molecule has 736 valence electrons. The molecule has 2 spiro atoms. The summed E-state index contributed by atoms with van der Waals surface area (Å²) in [5.74, 6) is -3.49. The van der Waals surface area contributed by atoms with Crippen molar-refractivity contribution in [3.05, 3.63) is 190 Å². The highest BCUT2D eigenvalue weighted by molar-refractivity contribution is 7.47. The Morgan fingerprint density at radius 1 is 0.459 bits per heavy atom. The van der Waals surface area contributed by atoms with Crippen molar-refractivity contribution >= 4 is 25.9 Å². The molecular formula is C105H153N4O23P. The monoisotopic (exact) mass is 1870 g/mol. The average molecular weight is 1870 g/mol. The van der Waals surface area contributed by atoms with Gasteiger partial charge in [0.25, 0.3) is 0 Å². The highest BCUT2D eigenvalue weighted by atomic mass is 31.2. The van der Waals surface area contributed by atoms with Crippen LogP contribution in [-0.2, 0) is 132 Å². The summed E-state index contributed by atoms with van der Waals surface area (Å²) in [7, 11) is -5.49. The maximum atomic E-state index is 15.7. The molecule has 12 rings (SSSR count). The number of esters is 2. The third-order valence-corrected chi connectivity index (χ3v) is 27.3. The number of phosphoric acid groups is 1. The molecular weight excluding hydrogens is 1720 g/mol. The van der Waals surface area contributed by atoms with Gasteiger partial charge in [-0.2, -0.15) is 0 Å². The summed E-state index contributed by atoms with van der Waals surface area (Å²) in [6, 6.07) is 46.8. The number of carbonyl (C=O) groups is 3. The van der Waals surface area contributed by atoms with Gasteiger partial charge in [0.1, 0.15) is 91.5 Å². The fraction of sp³-hybridized carbons (Fsp3) is 0.686. The van der Waals surface area contributed by atoms with Crippen LogP contribution in [-0.4, -0.2) is 171 Å². The topological polar surface area (TPSA) is 315 Å². The Bertz CT molecular complexity index is 4190. The van der Waals surface area contributed by atoms with Crippen molar-refractivity contribution in [1.29, 1.82) is 0 Å². The number of nitrogens with one attached hydrogen (secondary N) is 1. The number of phosphoric ester groups is 1. The van der Waals surface area contributed by atoms with E-state index in [0.717, 1.165) is 112 Å². The van der Waals surface area contributed by atoms with Crippen molar-refractivity contribution in [2.45, 2.75) is 433 Å². The van der Waals surface area contributed by atoms with Gasteiger partial charge in [0.05, 0.1) is 58.9 Å². The van der Waals surface area contributed by atoms with Gasteiger partial charge in [-0.1, -0.05) is 338 Å². The van der Waals surface area contributed by atoms with Crippen molar-refractivity contribution < 1.29 is 109 Å². The SMILES string of the molecule is CCCCCCCCCCCCCCCC(=O)OC[C@H](COP(=O)(O)O[C@H]1[C@H](O[C@H]2O[C@H](CN=[N+]=[N-])[C@@H](O[C@H]3O[C@H](COCc4ccccc4)[C@@H](OCc4ccccc4)[C@H](OCc4ccccc4)[C@@H]3OCc3ccccc3)[C@H](OCc3ccccc3)[C@H]2NC(=O)OC(C)(C)C)[C@H]2OC3(CCCCC3)O[C@@H]2[C@H]2OC3(CCCCC3)O[C@H]21)OC(=O)CCCCCCCCCCCCCCC. The smallest absolute Gasteiger partial charge is 0.462 e. The van der Waals surface area contributed by atoms with Gasteiger partial charge >= 0.3 is 25.9 Å². The highest BCUT2D eigenvalue weighted by Gasteiger charge is 2.69. The molecule has 4 aliphatic heterocycles. The lowest BCUT2D eigenvalue weighted by Gasteiger charge is -2.51. The lowest BCUT2D eigenvalue weighted by Crippen LogP contribution is -2.70. The van der Waals surface area contributed by atoms with Crippen LogP contribution in [0.25, 0.3) is 10.4 Å². The normalized spacial score (nSPS) is 26.1. The first-order chi connectivity index (χ1) is 64.9. The first kappa shape index (κ1) is 105. The van der Waals surface area contributed by atoms with Crippen molar-refractivity contribution in [2.75, 3.05) is 26.4 Å². The Hall–Kier alpha value is -6.79. The van der Waals surface area contributed by atoms with E-state index in [1.54, 1.807) is 20.8 Å². The molecule has 5 aromatic rings. The van der Waals surface area contributed by atoms with E-state index in [-0.39, 0.29) is 52.5 Å². The van der Waals surface area contributed by atoms with Gasteiger partial charge in [-0.15, -0.1) is 0 Å². The van der Waals surface area contributed by atoms with Crippen LogP contribution >= 0.6 is 7.82 Å². The van der Waals surface area contributed by atoms with E-state index in [4.69, 9.17) is 84.8 Å². The molecule has 28 heteroatoms. The summed E-state index contributed by atoms with van der Waals surface area (Å²) in [5.41, 5.74) is 13.7. The van der Waals surface area contributed by atoms with Crippen molar-refractivity contribution in [3.8, 4) is 0 Å². The quantitative estimate of drug-likeness (QED) is 0.00695. The van der Waals surface area contributed by atoms with Gasteiger partial charge in [-0.05, 0) is 92.6 Å². The number of nitrogens with zero attached hydrogens (tertiary/aromatic N) is 3. The number of ether oxygens (including phenoxy) is 16. The van der Waals surface area contributed by atoms with Crippen LogP contribution in [0.1, 0.15) is 306 Å². The van der Waals surface area contributed by atoms with E-state index in [2.05, 4.69) is 29.2 Å². The molecule has 1 amide bonds. The molecule has 0 aromatic heterocycles. The predicted octanol–water partition coefficient (Wildman–Crippen LogP) is 22.8. The molecule has 0 bridgehead atoms. The molecule has 27 nitrogen and oxygen atoms in total. The Morgan fingerprint density at radius 2 is 0.850 bits per heavy atom. The first-order valence-corrected chi connectivity index (χ1v) is 52.0. The van der Waals surface area contributed by atoms with Crippen molar-refractivity contribution in [2.24, 2.45) is 5.11 Å². The van der Waals surface area contributed by atoms with Crippen molar-refractivity contribution in [1.82, 2.24) is 5.32 Å². The molecule has 7 aliphatic rings. The number of azide groups is 1. The molecule has 18 atom stereocenters. The molecule has 3 saturated carbocycles. The molecule has 133 heavy (non-hydrogen) atoms. The van der Waals surface area contributed by atoms with Crippen LogP contribution in [0.3, 0.4) is 0 Å². The molecule has 3 aliphatic carbocycles. The molecule has 4 heterocycles. The minimum atomic E-state index is -5.49. The minimum absolute atomic E-state index is 0.0303. The number of benzene rings is 5. The number of carbonyl (C=O) groups excluding carboxylic acids is 3. The Labute approximate surface area is 790 Å². The molecule has 2 N–H and O–H groups in total. The zero-order valence-electron chi connectivity index (χ0n) is 79.7. The van der Waals surface area contributed by atoms with Crippen LogP contribution < -0.4 is 5.32 Å². The van der Waals surface area contributed by atoms with E-state index in [1.165, 1.54) is 103 Å². The van der Waals surface area contributed by atoms with E-state index >= 15 is 9.36 Å². The number of amides is 1. The summed E-state index contributed by atoms with van der Waals surface area (Å²) < 4.78 is 141. The Kier molecular flexibility index (Phi) is 44.5. The van der Waals surface area contributed by atoms with Gasteiger partial charge in [0.2, 0.25) is 0 Å². The second-order valence-corrected chi connectivity index (χ2v) is 39.7. The maximum absolute atomic E-state index is 15.7. The predicted molar refractivity (Wildman–Crippen MR) is 504 cm³/mol. The Morgan fingerprint density at radius 3 is 1.30 bits per heavy atom. The van der Waals surface area contributed by atoms with Crippen molar-refractivity contribution in [3.63, 3.8) is 0 Å². The second-order valence-electron chi connectivity index (χ2n) is 38.3. The van der Waals surface area contributed by atoms with Crippen LogP contribution in [0.15, 0.2) is 157 Å². The summed E-state index contributed by atoms with van der Waals surface area (Å²) in [5, 5.41) is 7.34. The summed E-state index contributed by atoms with van der Waals surface area (Å²) in [4.78, 5) is 59.1. The summed E-state index contributed by atoms with van der Waals surface area (Å²) >= 11 is 0. The van der Waals surface area contributed by atoms with E-state index in [0.29, 0.717) is 44.1 Å². The average Bonchev–Trinajstić information content (AvgIpc) is 1.56. The minimum Gasteiger partial charge on any atom is -0.462 e.